The summed E-state index contributed by atoms with van der Waals surface area (Å²) in [5.74, 6) is 0.988. The van der Waals surface area contributed by atoms with E-state index in [1.54, 1.807) is 32.4 Å². The van der Waals surface area contributed by atoms with Gasteiger partial charge >= 0.3 is 0 Å². The lowest BCUT2D eigenvalue weighted by Gasteiger charge is -2.11. The molecule has 2 N–H and O–H groups in total. The maximum absolute atomic E-state index is 12.3. The van der Waals surface area contributed by atoms with E-state index in [-0.39, 0.29) is 5.78 Å². The van der Waals surface area contributed by atoms with Gasteiger partial charge in [0.1, 0.15) is 17.5 Å². The zero-order valence-corrected chi connectivity index (χ0v) is 11.6. The highest BCUT2D eigenvalue weighted by atomic mass is 32.1. The van der Waals surface area contributed by atoms with Gasteiger partial charge in [0.2, 0.25) is 0 Å². The molecule has 0 aliphatic carbocycles. The quantitative estimate of drug-likeness (QED) is 0.853. The predicted octanol–water partition coefficient (Wildman–Crippen LogP) is 2.65. The Kier molecular flexibility index (Phi) is 4.19. The number of nitrogens with two attached hydrogens (primary N) is 1. The average Bonchev–Trinajstić information content (AvgIpc) is 2.99. The lowest BCUT2D eigenvalue weighted by molar-refractivity contribution is 0.0962. The molecule has 0 amide bonds. The molecule has 2 aromatic rings. The van der Waals surface area contributed by atoms with Crippen LogP contribution < -0.4 is 15.2 Å². The second-order valence-corrected chi connectivity index (χ2v) is 4.94. The summed E-state index contributed by atoms with van der Waals surface area (Å²) >= 11 is 1.47. The van der Waals surface area contributed by atoms with Crippen LogP contribution in [0.5, 0.6) is 11.5 Å². The second kappa shape index (κ2) is 5.86. The Bertz CT molecular complexity index is 544. The molecule has 0 aliphatic rings. The highest BCUT2D eigenvalue weighted by molar-refractivity contribution is 7.10. The second-order valence-electron chi connectivity index (χ2n) is 3.96. The van der Waals surface area contributed by atoms with Crippen LogP contribution in [0.2, 0.25) is 0 Å². The van der Waals surface area contributed by atoms with Crippen LogP contribution in [0, 0.1) is 0 Å². The monoisotopic (exact) mass is 277 g/mol. The average molecular weight is 277 g/mol. The van der Waals surface area contributed by atoms with Crippen LogP contribution >= 0.6 is 11.3 Å². The van der Waals surface area contributed by atoms with E-state index in [0.717, 1.165) is 4.88 Å². The van der Waals surface area contributed by atoms with Gasteiger partial charge < -0.3 is 15.2 Å². The van der Waals surface area contributed by atoms with Crippen molar-refractivity contribution >= 4 is 17.1 Å². The largest absolute Gasteiger partial charge is 0.497 e. The predicted molar refractivity (Wildman–Crippen MR) is 75.1 cm³/mol. The molecule has 0 spiro atoms. The number of benzene rings is 1. The molecule has 19 heavy (non-hydrogen) atoms. The zero-order valence-electron chi connectivity index (χ0n) is 10.8. The minimum atomic E-state index is -0.656. The van der Waals surface area contributed by atoms with Crippen molar-refractivity contribution < 1.29 is 14.3 Å². The van der Waals surface area contributed by atoms with Gasteiger partial charge in [0, 0.05) is 16.5 Å². The van der Waals surface area contributed by atoms with Crippen molar-refractivity contribution in [3.8, 4) is 11.5 Å². The number of ketones is 1. The van der Waals surface area contributed by atoms with Gasteiger partial charge in [-0.2, -0.15) is 0 Å². The van der Waals surface area contributed by atoms with E-state index in [1.807, 2.05) is 17.5 Å². The third kappa shape index (κ3) is 2.94. The Balaban J connectivity index is 2.32. The van der Waals surface area contributed by atoms with Gasteiger partial charge in [0.25, 0.3) is 0 Å². The van der Waals surface area contributed by atoms with Crippen molar-refractivity contribution in [2.75, 3.05) is 14.2 Å². The van der Waals surface area contributed by atoms with Crippen molar-refractivity contribution in [2.24, 2.45) is 5.73 Å². The molecule has 0 fully saturated rings. The molecule has 4 nitrogen and oxygen atoms in total. The molecule has 1 aromatic carbocycles. The number of carbonyl (C=O) groups excluding carboxylic acids is 1. The Morgan fingerprint density at radius 1 is 1.21 bits per heavy atom. The van der Waals surface area contributed by atoms with Gasteiger partial charge in [-0.1, -0.05) is 6.07 Å². The smallest absolute Gasteiger partial charge is 0.185 e. The molecule has 0 aliphatic heterocycles. The number of ether oxygens (including phenoxy) is 2. The van der Waals surface area contributed by atoms with Crippen LogP contribution in [0.1, 0.15) is 21.3 Å². The Hall–Kier alpha value is -1.85. The summed E-state index contributed by atoms with van der Waals surface area (Å²) in [5, 5.41) is 1.90. The van der Waals surface area contributed by atoms with Crippen LogP contribution in [0.3, 0.4) is 0 Å². The van der Waals surface area contributed by atoms with Gasteiger partial charge in [0.15, 0.2) is 5.78 Å². The van der Waals surface area contributed by atoms with Crippen molar-refractivity contribution in [3.05, 3.63) is 46.2 Å². The third-order valence-electron chi connectivity index (χ3n) is 2.77. The minimum Gasteiger partial charge on any atom is -0.497 e. The summed E-state index contributed by atoms with van der Waals surface area (Å²) in [6.45, 7) is 0. The molecule has 2 rings (SSSR count). The molecule has 100 valence electrons. The van der Waals surface area contributed by atoms with Gasteiger partial charge in [-0.3, -0.25) is 4.79 Å². The van der Waals surface area contributed by atoms with Crippen molar-refractivity contribution in [3.63, 3.8) is 0 Å². The zero-order chi connectivity index (χ0) is 13.8. The topological polar surface area (TPSA) is 61.5 Å². The van der Waals surface area contributed by atoms with Crippen molar-refractivity contribution in [1.29, 1.82) is 0 Å². The summed E-state index contributed by atoms with van der Waals surface area (Å²) in [6.07, 6.45) is 0. The van der Waals surface area contributed by atoms with Crippen LogP contribution in [-0.2, 0) is 0 Å². The molecule has 0 bridgehead atoms. The maximum Gasteiger partial charge on any atom is 0.185 e. The molecule has 0 radical (unpaired) electrons. The van der Waals surface area contributed by atoms with Crippen LogP contribution in [-0.4, -0.2) is 20.0 Å². The van der Waals surface area contributed by atoms with Crippen LogP contribution in [0.25, 0.3) is 0 Å². The lowest BCUT2D eigenvalue weighted by Crippen LogP contribution is -2.20. The number of Topliss-reactive ketones (excluding diaryl/α,β-unsaturated/α-hetero) is 1. The standard InChI is InChI=1S/C14H15NO3S/c1-17-10-6-9(7-11(8-10)18-2)14(16)13(15)12-4-3-5-19-12/h3-8,13H,15H2,1-2H3. The first-order chi connectivity index (χ1) is 9.15. The first-order valence-electron chi connectivity index (χ1n) is 5.72. The fourth-order valence-electron chi connectivity index (χ4n) is 1.73. The highest BCUT2D eigenvalue weighted by Crippen LogP contribution is 2.26. The lowest BCUT2D eigenvalue weighted by atomic mass is 10.0. The molecule has 1 atom stereocenters. The molecule has 5 heteroatoms. The fraction of sp³-hybridized carbons (Fsp3) is 0.214. The Morgan fingerprint density at radius 2 is 1.84 bits per heavy atom. The van der Waals surface area contributed by atoms with E-state index in [0.29, 0.717) is 17.1 Å². The van der Waals surface area contributed by atoms with Gasteiger partial charge in [-0.25, -0.2) is 0 Å². The number of methoxy groups -OCH3 is 2. The minimum absolute atomic E-state index is 0.153. The van der Waals surface area contributed by atoms with E-state index in [9.17, 15) is 4.79 Å². The molecular weight excluding hydrogens is 262 g/mol. The normalized spacial score (nSPS) is 11.9. The van der Waals surface area contributed by atoms with Crippen molar-refractivity contribution in [2.45, 2.75) is 6.04 Å². The molecule has 1 unspecified atom stereocenters. The molecule has 1 aromatic heterocycles. The Morgan fingerprint density at radius 3 is 2.32 bits per heavy atom. The first kappa shape index (κ1) is 13.6. The fourth-order valence-corrected chi connectivity index (χ4v) is 2.45. The summed E-state index contributed by atoms with van der Waals surface area (Å²) < 4.78 is 10.3. The number of thiophene rings is 1. The summed E-state index contributed by atoms with van der Waals surface area (Å²) in [7, 11) is 3.09. The molecule has 1 heterocycles. The number of rotatable bonds is 5. The van der Waals surface area contributed by atoms with Crippen LogP contribution in [0.4, 0.5) is 0 Å². The van der Waals surface area contributed by atoms with Crippen molar-refractivity contribution in [1.82, 2.24) is 0 Å². The van der Waals surface area contributed by atoms with Gasteiger partial charge in [0.05, 0.1) is 14.2 Å². The molecule has 0 saturated carbocycles. The number of hydrogen-bond donors (Lipinski definition) is 1. The first-order valence-corrected chi connectivity index (χ1v) is 6.60. The van der Waals surface area contributed by atoms with E-state index < -0.39 is 6.04 Å². The number of carbonyl (C=O) groups is 1. The van der Waals surface area contributed by atoms with E-state index in [2.05, 4.69) is 0 Å². The van der Waals surface area contributed by atoms with Crippen LogP contribution in [0.15, 0.2) is 35.7 Å². The van der Waals surface area contributed by atoms with E-state index in [1.165, 1.54) is 11.3 Å². The molecular formula is C14H15NO3S. The highest BCUT2D eigenvalue weighted by Gasteiger charge is 2.20. The van der Waals surface area contributed by atoms with Gasteiger partial charge in [-0.05, 0) is 23.6 Å². The summed E-state index contributed by atoms with van der Waals surface area (Å²) in [6, 6.07) is 8.12. The number of hydrogen-bond acceptors (Lipinski definition) is 5. The maximum atomic E-state index is 12.3. The summed E-state index contributed by atoms with van der Waals surface area (Å²) in [4.78, 5) is 13.2. The Labute approximate surface area is 115 Å². The van der Waals surface area contributed by atoms with E-state index >= 15 is 0 Å². The van der Waals surface area contributed by atoms with Gasteiger partial charge in [-0.15, -0.1) is 11.3 Å². The van der Waals surface area contributed by atoms with E-state index in [4.69, 9.17) is 15.2 Å². The third-order valence-corrected chi connectivity index (χ3v) is 3.72. The SMILES string of the molecule is COc1cc(OC)cc(C(=O)C(N)c2cccs2)c1. The molecule has 0 saturated heterocycles. The summed E-state index contributed by atoms with van der Waals surface area (Å²) in [5.41, 5.74) is 6.46.